The molecule has 1 amide bonds. The minimum atomic E-state index is 0.0223. The fraction of sp³-hybridized carbons (Fsp3) is 0.591. The van der Waals surface area contributed by atoms with Crippen molar-refractivity contribution < 1.29 is 9.53 Å². The van der Waals surface area contributed by atoms with E-state index in [1.54, 1.807) is 0 Å². The summed E-state index contributed by atoms with van der Waals surface area (Å²) in [5.41, 5.74) is 2.29. The first-order chi connectivity index (χ1) is 14.4. The van der Waals surface area contributed by atoms with Crippen LogP contribution in [0.15, 0.2) is 23.4 Å². The Balaban J connectivity index is 1.53. The monoisotopic (exact) mass is 431 g/mol. The van der Waals surface area contributed by atoms with Crippen molar-refractivity contribution in [1.82, 2.24) is 20.2 Å². The van der Waals surface area contributed by atoms with E-state index in [0.29, 0.717) is 22.9 Å². The molecule has 3 N–H and O–H groups in total. The number of amides is 1. The normalized spacial score (nSPS) is 15.2. The third-order valence-corrected chi connectivity index (χ3v) is 6.38. The minimum absolute atomic E-state index is 0.0223. The molecule has 0 spiro atoms. The van der Waals surface area contributed by atoms with Crippen molar-refractivity contribution in [3.8, 4) is 5.75 Å². The van der Waals surface area contributed by atoms with E-state index in [1.165, 1.54) is 42.1 Å². The Morgan fingerprint density at radius 1 is 1.27 bits per heavy atom. The number of benzene rings is 1. The van der Waals surface area contributed by atoms with Crippen LogP contribution in [0.2, 0.25) is 0 Å². The van der Waals surface area contributed by atoms with Crippen molar-refractivity contribution in [3.05, 3.63) is 35.2 Å². The number of aromatic nitrogens is 3. The molecule has 0 aliphatic heterocycles. The second-order valence-electron chi connectivity index (χ2n) is 8.30. The summed E-state index contributed by atoms with van der Waals surface area (Å²) >= 11 is 1.30. The largest absolute Gasteiger partial charge is 0.485 e. The van der Waals surface area contributed by atoms with Gasteiger partial charge in [0.25, 0.3) is 0 Å². The summed E-state index contributed by atoms with van der Waals surface area (Å²) in [6.07, 6.45) is 7.06. The van der Waals surface area contributed by atoms with Gasteiger partial charge in [0.05, 0.1) is 5.75 Å². The van der Waals surface area contributed by atoms with Gasteiger partial charge in [-0.25, -0.2) is 4.68 Å². The number of thioether (sulfide) groups is 1. The van der Waals surface area contributed by atoms with E-state index in [1.807, 2.05) is 13.0 Å². The molecule has 1 heterocycles. The van der Waals surface area contributed by atoms with Gasteiger partial charge in [-0.3, -0.25) is 4.79 Å². The van der Waals surface area contributed by atoms with E-state index in [9.17, 15) is 4.79 Å². The Kier molecular flexibility index (Phi) is 8.01. The molecule has 1 aromatic heterocycles. The predicted octanol–water partition coefficient (Wildman–Crippen LogP) is 3.93. The zero-order chi connectivity index (χ0) is 21.5. The van der Waals surface area contributed by atoms with Crippen LogP contribution >= 0.6 is 11.8 Å². The van der Waals surface area contributed by atoms with Gasteiger partial charge in [-0.1, -0.05) is 63.4 Å². The van der Waals surface area contributed by atoms with Crippen LogP contribution in [0.1, 0.15) is 75.2 Å². The lowest BCUT2D eigenvalue weighted by atomic mass is 10.0. The number of ether oxygens (including phenoxy) is 1. The first-order valence-electron chi connectivity index (χ1n) is 10.8. The SMILES string of the molecule is Cc1ccc(C(C)C)c(OCc2nnc(SCC(=O)NC3CCCCCC3)n2N)c1. The van der Waals surface area contributed by atoms with Gasteiger partial charge in [0, 0.05) is 6.04 Å². The van der Waals surface area contributed by atoms with Crippen LogP contribution in [-0.2, 0) is 11.4 Å². The maximum Gasteiger partial charge on any atom is 0.230 e. The third kappa shape index (κ3) is 6.14. The molecule has 0 unspecified atom stereocenters. The van der Waals surface area contributed by atoms with Crippen molar-refractivity contribution in [2.24, 2.45) is 0 Å². The first kappa shape index (κ1) is 22.5. The lowest BCUT2D eigenvalue weighted by Crippen LogP contribution is -2.35. The summed E-state index contributed by atoms with van der Waals surface area (Å²) in [5.74, 6) is 8.17. The van der Waals surface area contributed by atoms with Crippen molar-refractivity contribution in [2.75, 3.05) is 11.6 Å². The van der Waals surface area contributed by atoms with Crippen LogP contribution in [0.3, 0.4) is 0 Å². The zero-order valence-corrected chi connectivity index (χ0v) is 19.0. The highest BCUT2D eigenvalue weighted by molar-refractivity contribution is 7.99. The average Bonchev–Trinajstić information content (AvgIpc) is 2.89. The maximum atomic E-state index is 12.3. The number of nitrogen functional groups attached to an aromatic ring is 1. The van der Waals surface area contributed by atoms with Gasteiger partial charge in [0.1, 0.15) is 12.4 Å². The van der Waals surface area contributed by atoms with Crippen LogP contribution in [0.4, 0.5) is 0 Å². The van der Waals surface area contributed by atoms with Gasteiger partial charge < -0.3 is 15.9 Å². The van der Waals surface area contributed by atoms with Crippen molar-refractivity contribution >= 4 is 17.7 Å². The van der Waals surface area contributed by atoms with Crippen LogP contribution in [-0.4, -0.2) is 32.6 Å². The lowest BCUT2D eigenvalue weighted by molar-refractivity contribution is -0.119. The highest BCUT2D eigenvalue weighted by atomic mass is 32.2. The molecule has 0 bridgehead atoms. The molecule has 0 radical (unpaired) electrons. The quantitative estimate of drug-likeness (QED) is 0.373. The van der Waals surface area contributed by atoms with Crippen LogP contribution < -0.4 is 15.9 Å². The fourth-order valence-corrected chi connectivity index (χ4v) is 4.40. The molecule has 0 saturated heterocycles. The molecule has 8 heteroatoms. The van der Waals surface area contributed by atoms with E-state index in [-0.39, 0.29) is 18.3 Å². The number of hydrogen-bond acceptors (Lipinski definition) is 6. The van der Waals surface area contributed by atoms with Crippen molar-refractivity contribution in [2.45, 2.75) is 83.0 Å². The molecule has 30 heavy (non-hydrogen) atoms. The Hall–Kier alpha value is -2.22. The smallest absolute Gasteiger partial charge is 0.230 e. The summed E-state index contributed by atoms with van der Waals surface area (Å²) in [6, 6.07) is 6.50. The highest BCUT2D eigenvalue weighted by Crippen LogP contribution is 2.28. The number of carbonyl (C=O) groups is 1. The van der Waals surface area contributed by atoms with E-state index in [0.717, 1.165) is 29.7 Å². The van der Waals surface area contributed by atoms with Gasteiger partial charge >= 0.3 is 0 Å². The number of carbonyl (C=O) groups excluding carboxylic acids is 1. The summed E-state index contributed by atoms with van der Waals surface area (Å²) in [6.45, 7) is 6.54. The summed E-state index contributed by atoms with van der Waals surface area (Å²) in [4.78, 5) is 12.3. The highest BCUT2D eigenvalue weighted by Gasteiger charge is 2.17. The molecule has 1 fully saturated rings. The molecule has 164 valence electrons. The zero-order valence-electron chi connectivity index (χ0n) is 18.2. The number of nitrogens with two attached hydrogens (primary N) is 1. The van der Waals surface area contributed by atoms with Gasteiger partial charge in [-0.2, -0.15) is 0 Å². The van der Waals surface area contributed by atoms with E-state index in [4.69, 9.17) is 10.6 Å². The Morgan fingerprint density at radius 3 is 2.70 bits per heavy atom. The number of hydrogen-bond donors (Lipinski definition) is 2. The van der Waals surface area contributed by atoms with Crippen molar-refractivity contribution in [3.63, 3.8) is 0 Å². The second-order valence-corrected chi connectivity index (χ2v) is 9.24. The molecule has 1 saturated carbocycles. The van der Waals surface area contributed by atoms with E-state index < -0.39 is 0 Å². The standard InChI is InChI=1S/C22H33N5O2S/c1-15(2)18-11-10-16(3)12-19(18)29-13-20-25-26-22(27(20)23)30-14-21(28)24-17-8-6-4-5-7-9-17/h10-12,15,17H,4-9,13-14,23H2,1-3H3,(H,24,28). The van der Waals surface area contributed by atoms with Gasteiger partial charge in [-0.15, -0.1) is 10.2 Å². The molecule has 3 rings (SSSR count). The Bertz CT molecular complexity index is 844. The summed E-state index contributed by atoms with van der Waals surface area (Å²) in [7, 11) is 0. The first-order valence-corrected chi connectivity index (χ1v) is 11.8. The van der Waals surface area contributed by atoms with Crippen LogP contribution in [0.25, 0.3) is 0 Å². The molecule has 1 aliphatic carbocycles. The summed E-state index contributed by atoms with van der Waals surface area (Å²) < 4.78 is 7.42. The molecule has 1 aromatic carbocycles. The number of nitrogens with one attached hydrogen (secondary N) is 1. The summed E-state index contributed by atoms with van der Waals surface area (Å²) in [5, 5.41) is 11.9. The van der Waals surface area contributed by atoms with E-state index >= 15 is 0 Å². The lowest BCUT2D eigenvalue weighted by Gasteiger charge is -2.16. The van der Waals surface area contributed by atoms with Crippen molar-refractivity contribution in [1.29, 1.82) is 0 Å². The molecule has 7 nitrogen and oxygen atoms in total. The van der Waals surface area contributed by atoms with Gasteiger partial charge in [-0.05, 0) is 42.9 Å². The maximum absolute atomic E-state index is 12.3. The Labute approximate surface area is 183 Å². The molecular weight excluding hydrogens is 398 g/mol. The molecular formula is C22H33N5O2S. The second kappa shape index (κ2) is 10.7. The fourth-order valence-electron chi connectivity index (χ4n) is 3.71. The Morgan fingerprint density at radius 2 is 2.00 bits per heavy atom. The minimum Gasteiger partial charge on any atom is -0.485 e. The van der Waals surface area contributed by atoms with Gasteiger partial charge in [0.15, 0.2) is 5.82 Å². The molecule has 0 atom stereocenters. The number of aryl methyl sites for hydroxylation is 1. The van der Waals surface area contributed by atoms with Crippen LogP contribution in [0, 0.1) is 6.92 Å². The molecule has 1 aliphatic rings. The molecule has 2 aromatic rings. The average molecular weight is 432 g/mol. The third-order valence-electron chi connectivity index (χ3n) is 5.44. The predicted molar refractivity (Wildman–Crippen MR) is 120 cm³/mol. The number of nitrogens with zero attached hydrogens (tertiary/aromatic N) is 3. The van der Waals surface area contributed by atoms with Crippen LogP contribution in [0.5, 0.6) is 5.75 Å². The topological polar surface area (TPSA) is 95.1 Å². The van der Waals surface area contributed by atoms with E-state index in [2.05, 4.69) is 41.5 Å². The number of rotatable bonds is 8. The van der Waals surface area contributed by atoms with Gasteiger partial charge in [0.2, 0.25) is 11.1 Å².